The summed E-state index contributed by atoms with van der Waals surface area (Å²) < 4.78 is 6.98. The van der Waals surface area contributed by atoms with Gasteiger partial charge in [0.1, 0.15) is 11.8 Å². The highest BCUT2D eigenvalue weighted by atomic mass is 16.5. The first-order chi connectivity index (χ1) is 13.6. The topological polar surface area (TPSA) is 94.0 Å². The Kier molecular flexibility index (Phi) is 4.52. The van der Waals surface area contributed by atoms with E-state index in [9.17, 15) is 4.79 Å². The van der Waals surface area contributed by atoms with Gasteiger partial charge in [0.2, 0.25) is 5.95 Å². The number of amides is 1. The van der Waals surface area contributed by atoms with Gasteiger partial charge in [0.25, 0.3) is 5.91 Å². The fourth-order valence-electron chi connectivity index (χ4n) is 3.43. The Balaban J connectivity index is 1.79. The first kappa shape index (κ1) is 17.7. The number of carbonyl (C=O) groups excluding carboxylic acids is 1. The zero-order valence-corrected chi connectivity index (χ0v) is 15.8. The van der Waals surface area contributed by atoms with E-state index in [1.54, 1.807) is 23.9 Å². The molecule has 8 nitrogen and oxygen atoms in total. The van der Waals surface area contributed by atoms with Gasteiger partial charge in [-0.25, -0.2) is 0 Å². The van der Waals surface area contributed by atoms with Crippen LogP contribution in [0.2, 0.25) is 0 Å². The number of tetrazole rings is 1. The third kappa shape index (κ3) is 2.98. The van der Waals surface area contributed by atoms with E-state index < -0.39 is 6.04 Å². The molecule has 0 saturated carbocycles. The van der Waals surface area contributed by atoms with E-state index in [-0.39, 0.29) is 5.91 Å². The van der Waals surface area contributed by atoms with Gasteiger partial charge in [0.05, 0.1) is 18.4 Å². The predicted octanol–water partition coefficient (Wildman–Crippen LogP) is 2.92. The average molecular weight is 376 g/mol. The number of aromatic nitrogens is 4. The summed E-state index contributed by atoms with van der Waals surface area (Å²) in [5.41, 5.74) is 3.85. The molecular weight excluding hydrogens is 356 g/mol. The molecule has 1 amide bonds. The highest BCUT2D eigenvalue weighted by molar-refractivity contribution is 6.06. The lowest BCUT2D eigenvalue weighted by Gasteiger charge is -2.29. The second kappa shape index (κ2) is 7.15. The fraction of sp³-hybridized carbons (Fsp3) is 0.200. The van der Waals surface area contributed by atoms with Crippen LogP contribution in [-0.2, 0) is 4.79 Å². The van der Waals surface area contributed by atoms with Gasteiger partial charge < -0.3 is 15.4 Å². The van der Waals surface area contributed by atoms with Crippen LogP contribution < -0.4 is 15.4 Å². The number of carbonyl (C=O) groups is 1. The van der Waals surface area contributed by atoms with Crippen molar-refractivity contribution in [2.45, 2.75) is 19.9 Å². The minimum Gasteiger partial charge on any atom is -0.495 e. The van der Waals surface area contributed by atoms with Crippen molar-refractivity contribution in [3.05, 3.63) is 70.9 Å². The molecule has 3 aromatic rings. The minimum absolute atomic E-state index is 0.246. The van der Waals surface area contributed by atoms with Crippen LogP contribution in [-0.4, -0.2) is 33.2 Å². The highest BCUT2D eigenvalue weighted by Gasteiger charge is 2.34. The van der Waals surface area contributed by atoms with Crippen molar-refractivity contribution in [3.8, 4) is 5.75 Å². The van der Waals surface area contributed by atoms with Crippen LogP contribution in [0.5, 0.6) is 5.75 Å². The van der Waals surface area contributed by atoms with Gasteiger partial charge in [-0.15, -0.1) is 0 Å². The molecular formula is C20H20N6O2. The lowest BCUT2D eigenvalue weighted by atomic mass is 9.92. The van der Waals surface area contributed by atoms with Crippen LogP contribution >= 0.6 is 0 Å². The van der Waals surface area contributed by atoms with E-state index in [0.717, 1.165) is 11.1 Å². The van der Waals surface area contributed by atoms with Crippen LogP contribution in [0.3, 0.4) is 0 Å². The Hall–Kier alpha value is -3.68. The summed E-state index contributed by atoms with van der Waals surface area (Å²) >= 11 is 0. The standard InChI is InChI=1S/C20H20N6O2/c1-12-8-4-5-9-14(12)18-17(13(2)21-20-23-24-25-26(18)20)19(27)22-15-10-6-7-11-16(15)28-3/h4-11,18H,1-3H3,(H,22,27)(H,21,23,25)/t18-/m1/s1. The summed E-state index contributed by atoms with van der Waals surface area (Å²) in [7, 11) is 1.57. The van der Waals surface area contributed by atoms with Crippen molar-refractivity contribution < 1.29 is 9.53 Å². The molecule has 8 heteroatoms. The smallest absolute Gasteiger partial charge is 0.255 e. The van der Waals surface area contributed by atoms with Crippen LogP contribution in [0.1, 0.15) is 24.1 Å². The van der Waals surface area contributed by atoms with Gasteiger partial charge in [0.15, 0.2) is 0 Å². The molecule has 0 bridgehead atoms. The molecule has 2 N–H and O–H groups in total. The number of allylic oxidation sites excluding steroid dienone is 1. The van der Waals surface area contributed by atoms with E-state index >= 15 is 0 Å². The number of rotatable bonds is 4. The van der Waals surface area contributed by atoms with Crippen LogP contribution in [0, 0.1) is 6.92 Å². The summed E-state index contributed by atoms with van der Waals surface area (Å²) in [6.45, 7) is 3.85. The van der Waals surface area contributed by atoms with Crippen molar-refractivity contribution >= 4 is 17.5 Å². The maximum absolute atomic E-state index is 13.3. The molecule has 1 aliphatic rings. The molecule has 2 heterocycles. The van der Waals surface area contributed by atoms with Crippen LogP contribution in [0.15, 0.2) is 59.8 Å². The number of nitrogens with one attached hydrogen (secondary N) is 2. The molecule has 0 unspecified atom stereocenters. The van der Waals surface area contributed by atoms with Crippen molar-refractivity contribution in [3.63, 3.8) is 0 Å². The molecule has 2 aromatic carbocycles. The number of aryl methyl sites for hydroxylation is 1. The summed E-state index contributed by atoms with van der Waals surface area (Å²) in [6, 6.07) is 14.8. The molecule has 1 atom stereocenters. The number of anilines is 2. The van der Waals surface area contributed by atoms with Crippen LogP contribution in [0.25, 0.3) is 0 Å². The summed E-state index contributed by atoms with van der Waals surface area (Å²) in [4.78, 5) is 13.3. The third-order valence-corrected chi connectivity index (χ3v) is 4.80. The second-order valence-electron chi connectivity index (χ2n) is 6.52. The number of benzene rings is 2. The number of ether oxygens (including phenoxy) is 1. The minimum atomic E-state index is -0.442. The van der Waals surface area contributed by atoms with Gasteiger partial charge in [-0.3, -0.25) is 4.79 Å². The third-order valence-electron chi connectivity index (χ3n) is 4.80. The second-order valence-corrected chi connectivity index (χ2v) is 6.52. The zero-order valence-electron chi connectivity index (χ0n) is 15.8. The van der Waals surface area contributed by atoms with E-state index in [1.807, 2.05) is 50.2 Å². The van der Waals surface area contributed by atoms with Gasteiger partial charge in [-0.2, -0.15) is 4.68 Å². The zero-order chi connectivity index (χ0) is 19.7. The Morgan fingerprint density at radius 1 is 1.14 bits per heavy atom. The molecule has 1 aliphatic heterocycles. The summed E-state index contributed by atoms with van der Waals surface area (Å²) in [5.74, 6) is 0.844. The summed E-state index contributed by atoms with van der Waals surface area (Å²) in [5, 5.41) is 18.0. The Morgan fingerprint density at radius 2 is 1.89 bits per heavy atom. The van der Waals surface area contributed by atoms with E-state index in [4.69, 9.17) is 4.74 Å². The number of para-hydroxylation sites is 2. The van der Waals surface area contributed by atoms with E-state index in [1.165, 1.54) is 0 Å². The van der Waals surface area contributed by atoms with Gasteiger partial charge in [-0.1, -0.05) is 41.5 Å². The van der Waals surface area contributed by atoms with Crippen molar-refractivity contribution in [1.82, 2.24) is 20.2 Å². The maximum Gasteiger partial charge on any atom is 0.255 e. The number of hydrogen-bond donors (Lipinski definition) is 2. The number of hydrogen-bond acceptors (Lipinski definition) is 6. The molecule has 0 fully saturated rings. The van der Waals surface area contributed by atoms with E-state index in [2.05, 4.69) is 26.2 Å². The normalized spacial score (nSPS) is 15.6. The van der Waals surface area contributed by atoms with Crippen molar-refractivity contribution in [2.24, 2.45) is 0 Å². The molecule has 142 valence electrons. The SMILES string of the molecule is COc1ccccc1NC(=O)C1=C(C)Nc2nnnn2[C@@H]1c1ccccc1C. The number of nitrogens with zero attached hydrogens (tertiary/aromatic N) is 4. The van der Waals surface area contributed by atoms with Crippen molar-refractivity contribution in [1.29, 1.82) is 0 Å². The fourth-order valence-corrected chi connectivity index (χ4v) is 3.43. The number of fused-ring (bicyclic) bond motifs is 1. The molecule has 0 spiro atoms. The van der Waals surface area contributed by atoms with E-state index in [0.29, 0.717) is 28.7 Å². The Bertz CT molecular complexity index is 1070. The molecule has 4 rings (SSSR count). The van der Waals surface area contributed by atoms with Gasteiger partial charge in [0, 0.05) is 5.70 Å². The first-order valence-corrected chi connectivity index (χ1v) is 8.85. The highest BCUT2D eigenvalue weighted by Crippen LogP contribution is 2.36. The van der Waals surface area contributed by atoms with Crippen LogP contribution in [0.4, 0.5) is 11.6 Å². The lowest BCUT2D eigenvalue weighted by Crippen LogP contribution is -2.32. The van der Waals surface area contributed by atoms with Gasteiger partial charge in [-0.05, 0) is 47.5 Å². The molecule has 28 heavy (non-hydrogen) atoms. The molecule has 0 saturated heterocycles. The molecule has 0 radical (unpaired) electrons. The Morgan fingerprint density at radius 3 is 2.68 bits per heavy atom. The monoisotopic (exact) mass is 376 g/mol. The lowest BCUT2D eigenvalue weighted by molar-refractivity contribution is -0.113. The Labute approximate surface area is 162 Å². The largest absolute Gasteiger partial charge is 0.495 e. The van der Waals surface area contributed by atoms with Crippen molar-refractivity contribution in [2.75, 3.05) is 17.7 Å². The average Bonchev–Trinajstić information content (AvgIpc) is 3.16. The number of methoxy groups -OCH3 is 1. The predicted molar refractivity (Wildman–Crippen MR) is 105 cm³/mol. The first-order valence-electron chi connectivity index (χ1n) is 8.85. The molecule has 1 aromatic heterocycles. The van der Waals surface area contributed by atoms with Gasteiger partial charge >= 0.3 is 0 Å². The molecule has 0 aliphatic carbocycles. The summed E-state index contributed by atoms with van der Waals surface area (Å²) in [6.07, 6.45) is 0. The quantitative estimate of drug-likeness (QED) is 0.727. The maximum atomic E-state index is 13.3.